The highest BCUT2D eigenvalue weighted by Gasteiger charge is 2.15. The molecule has 96 valence electrons. The van der Waals surface area contributed by atoms with E-state index in [0.717, 1.165) is 12.1 Å². The quantitative estimate of drug-likeness (QED) is 0.848. The van der Waals surface area contributed by atoms with E-state index >= 15 is 0 Å². The van der Waals surface area contributed by atoms with Gasteiger partial charge in [-0.3, -0.25) is 4.79 Å². The summed E-state index contributed by atoms with van der Waals surface area (Å²) in [6, 6.07) is 5.66. The average Bonchev–Trinajstić information content (AvgIpc) is 2.38. The van der Waals surface area contributed by atoms with E-state index in [1.807, 2.05) is 18.7 Å². The van der Waals surface area contributed by atoms with E-state index in [0.29, 0.717) is 17.9 Å². The minimum atomic E-state index is -0.0874. The lowest BCUT2D eigenvalue weighted by atomic mass is 10.2. The Morgan fingerprint density at radius 1 is 1.56 bits per heavy atom. The van der Waals surface area contributed by atoms with Crippen molar-refractivity contribution in [1.82, 2.24) is 10.3 Å². The Labute approximate surface area is 107 Å². The predicted molar refractivity (Wildman–Crippen MR) is 70.3 cm³/mol. The first-order valence-electron chi connectivity index (χ1n) is 5.95. The molecule has 5 nitrogen and oxygen atoms in total. The standard InChI is InChI=1S/C13H18N4O/c1-4-7-17(9-12(18)15-3)13-11(8-14)6-5-10(2)16-13/h5-6H,4,7,9H2,1-3H3,(H,15,18). The van der Waals surface area contributed by atoms with Crippen LogP contribution in [-0.2, 0) is 4.79 Å². The SMILES string of the molecule is CCCN(CC(=O)NC)c1nc(C)ccc1C#N. The van der Waals surface area contributed by atoms with E-state index < -0.39 is 0 Å². The molecule has 0 aliphatic rings. The van der Waals surface area contributed by atoms with Gasteiger partial charge in [0.25, 0.3) is 0 Å². The van der Waals surface area contributed by atoms with Crippen molar-refractivity contribution in [3.8, 4) is 6.07 Å². The number of aromatic nitrogens is 1. The second kappa shape index (κ2) is 6.60. The summed E-state index contributed by atoms with van der Waals surface area (Å²) in [6.45, 7) is 4.81. The number of amides is 1. The van der Waals surface area contributed by atoms with Gasteiger partial charge in [0, 0.05) is 19.3 Å². The topological polar surface area (TPSA) is 69.0 Å². The maximum atomic E-state index is 11.5. The number of carbonyl (C=O) groups is 1. The molecule has 1 N–H and O–H groups in total. The van der Waals surface area contributed by atoms with Gasteiger partial charge in [0.05, 0.1) is 12.1 Å². The molecule has 1 amide bonds. The first kappa shape index (κ1) is 14.0. The highest BCUT2D eigenvalue weighted by Crippen LogP contribution is 2.17. The Morgan fingerprint density at radius 2 is 2.28 bits per heavy atom. The third-order valence-corrected chi connectivity index (χ3v) is 2.54. The van der Waals surface area contributed by atoms with E-state index in [1.165, 1.54) is 0 Å². The van der Waals surface area contributed by atoms with Crippen molar-refractivity contribution in [1.29, 1.82) is 5.26 Å². The Bertz CT molecular complexity index is 465. The molecule has 18 heavy (non-hydrogen) atoms. The van der Waals surface area contributed by atoms with Crippen LogP contribution in [0.2, 0.25) is 0 Å². The third kappa shape index (κ3) is 3.45. The molecular weight excluding hydrogens is 228 g/mol. The number of nitrogens with zero attached hydrogens (tertiary/aromatic N) is 3. The maximum Gasteiger partial charge on any atom is 0.239 e. The maximum absolute atomic E-state index is 11.5. The van der Waals surface area contributed by atoms with Gasteiger partial charge in [-0.05, 0) is 25.5 Å². The summed E-state index contributed by atoms with van der Waals surface area (Å²) in [5.74, 6) is 0.499. The van der Waals surface area contributed by atoms with Crippen molar-refractivity contribution in [3.05, 3.63) is 23.4 Å². The highest BCUT2D eigenvalue weighted by molar-refractivity contribution is 5.81. The Morgan fingerprint density at radius 3 is 2.83 bits per heavy atom. The lowest BCUT2D eigenvalue weighted by Gasteiger charge is -2.23. The molecule has 0 atom stereocenters. The largest absolute Gasteiger partial charge is 0.358 e. The zero-order chi connectivity index (χ0) is 13.5. The van der Waals surface area contributed by atoms with Gasteiger partial charge in [-0.1, -0.05) is 6.92 Å². The molecule has 5 heteroatoms. The number of likely N-dealkylation sites (N-methyl/N-ethyl adjacent to an activating group) is 1. The van der Waals surface area contributed by atoms with Crippen LogP contribution in [0.5, 0.6) is 0 Å². The number of nitriles is 1. The predicted octanol–water partition coefficient (Wildman–Crippen LogP) is 1.22. The molecule has 1 aromatic heterocycles. The molecule has 0 bridgehead atoms. The van der Waals surface area contributed by atoms with Gasteiger partial charge in [0.2, 0.25) is 5.91 Å². The summed E-state index contributed by atoms with van der Waals surface area (Å²) in [6.07, 6.45) is 0.886. The van der Waals surface area contributed by atoms with Gasteiger partial charge in [-0.15, -0.1) is 0 Å². The fourth-order valence-electron chi connectivity index (χ4n) is 1.65. The van der Waals surface area contributed by atoms with Crippen LogP contribution in [0, 0.1) is 18.3 Å². The number of nitrogens with one attached hydrogen (secondary N) is 1. The zero-order valence-corrected chi connectivity index (χ0v) is 11.0. The molecule has 0 radical (unpaired) electrons. The van der Waals surface area contributed by atoms with Gasteiger partial charge >= 0.3 is 0 Å². The van der Waals surface area contributed by atoms with E-state index in [1.54, 1.807) is 19.2 Å². The number of hydrogen-bond donors (Lipinski definition) is 1. The monoisotopic (exact) mass is 246 g/mol. The van der Waals surface area contributed by atoms with Crippen LogP contribution in [-0.4, -0.2) is 31.0 Å². The molecule has 0 aliphatic heterocycles. The summed E-state index contributed by atoms with van der Waals surface area (Å²) < 4.78 is 0. The smallest absolute Gasteiger partial charge is 0.239 e. The van der Waals surface area contributed by atoms with Crippen LogP contribution in [0.25, 0.3) is 0 Å². The zero-order valence-electron chi connectivity index (χ0n) is 11.0. The van der Waals surface area contributed by atoms with Crippen molar-refractivity contribution in [2.75, 3.05) is 25.0 Å². The van der Waals surface area contributed by atoms with Gasteiger partial charge in [-0.25, -0.2) is 4.98 Å². The molecule has 0 spiro atoms. The Balaban J connectivity index is 3.08. The van der Waals surface area contributed by atoms with Gasteiger partial charge in [0.15, 0.2) is 0 Å². The molecule has 0 saturated carbocycles. The fourth-order valence-corrected chi connectivity index (χ4v) is 1.65. The third-order valence-electron chi connectivity index (χ3n) is 2.54. The number of pyridine rings is 1. The van der Waals surface area contributed by atoms with Crippen LogP contribution < -0.4 is 10.2 Å². The first-order chi connectivity index (χ1) is 8.62. The summed E-state index contributed by atoms with van der Waals surface area (Å²) >= 11 is 0. The molecule has 0 aromatic carbocycles. The lowest BCUT2D eigenvalue weighted by molar-refractivity contribution is -0.119. The van der Waals surface area contributed by atoms with Crippen LogP contribution in [0.4, 0.5) is 5.82 Å². The van der Waals surface area contributed by atoms with Crippen molar-refractivity contribution in [2.24, 2.45) is 0 Å². The number of anilines is 1. The molecule has 0 aliphatic carbocycles. The van der Waals surface area contributed by atoms with E-state index in [2.05, 4.69) is 16.4 Å². The average molecular weight is 246 g/mol. The van der Waals surface area contributed by atoms with Gasteiger partial charge in [-0.2, -0.15) is 5.26 Å². The summed E-state index contributed by atoms with van der Waals surface area (Å²) in [5.41, 5.74) is 1.33. The van der Waals surface area contributed by atoms with Crippen molar-refractivity contribution >= 4 is 11.7 Å². The lowest BCUT2D eigenvalue weighted by Crippen LogP contribution is -2.37. The van der Waals surface area contributed by atoms with Crippen LogP contribution in [0.3, 0.4) is 0 Å². The van der Waals surface area contributed by atoms with Gasteiger partial charge in [0.1, 0.15) is 11.9 Å². The Hall–Kier alpha value is -2.09. The molecular formula is C13H18N4O. The van der Waals surface area contributed by atoms with Crippen molar-refractivity contribution < 1.29 is 4.79 Å². The van der Waals surface area contributed by atoms with Crippen LogP contribution in [0.1, 0.15) is 24.6 Å². The second-order valence-corrected chi connectivity index (χ2v) is 4.03. The molecule has 0 saturated heterocycles. The molecule has 0 fully saturated rings. The van der Waals surface area contributed by atoms with Crippen molar-refractivity contribution in [2.45, 2.75) is 20.3 Å². The van der Waals surface area contributed by atoms with E-state index in [-0.39, 0.29) is 12.5 Å². The molecule has 0 unspecified atom stereocenters. The number of carbonyl (C=O) groups excluding carboxylic acids is 1. The minimum Gasteiger partial charge on any atom is -0.358 e. The van der Waals surface area contributed by atoms with E-state index in [4.69, 9.17) is 5.26 Å². The van der Waals surface area contributed by atoms with Gasteiger partial charge < -0.3 is 10.2 Å². The fraction of sp³-hybridized carbons (Fsp3) is 0.462. The highest BCUT2D eigenvalue weighted by atomic mass is 16.1. The molecule has 1 rings (SSSR count). The van der Waals surface area contributed by atoms with Crippen LogP contribution >= 0.6 is 0 Å². The molecule has 1 heterocycles. The Kier molecular flexibility index (Phi) is 5.12. The minimum absolute atomic E-state index is 0.0874. The first-order valence-corrected chi connectivity index (χ1v) is 5.95. The number of aryl methyl sites for hydroxylation is 1. The number of hydrogen-bond acceptors (Lipinski definition) is 4. The van der Waals surface area contributed by atoms with Crippen molar-refractivity contribution in [3.63, 3.8) is 0 Å². The number of rotatable bonds is 5. The van der Waals surface area contributed by atoms with Crippen LogP contribution in [0.15, 0.2) is 12.1 Å². The summed E-state index contributed by atoms with van der Waals surface area (Å²) in [7, 11) is 1.60. The normalized spacial score (nSPS) is 9.67. The summed E-state index contributed by atoms with van der Waals surface area (Å²) in [4.78, 5) is 17.7. The second-order valence-electron chi connectivity index (χ2n) is 4.03. The van der Waals surface area contributed by atoms with E-state index in [9.17, 15) is 4.79 Å². The molecule has 1 aromatic rings. The summed E-state index contributed by atoms with van der Waals surface area (Å²) in [5, 5.41) is 11.7.